The molecule has 0 unspecified atom stereocenters. The molecule has 0 aliphatic heterocycles. The number of nitrogens with two attached hydrogens (primary N) is 2. The van der Waals surface area contributed by atoms with Crippen LogP contribution in [0.3, 0.4) is 0 Å². The van der Waals surface area contributed by atoms with Crippen LogP contribution in [0.2, 0.25) is 0 Å². The van der Waals surface area contributed by atoms with Gasteiger partial charge in [0, 0.05) is 0 Å². The van der Waals surface area contributed by atoms with Crippen LogP contribution in [-0.2, 0) is 0 Å². The highest BCUT2D eigenvalue weighted by Crippen LogP contribution is 2.12. The molecule has 0 aromatic carbocycles. The van der Waals surface area contributed by atoms with Gasteiger partial charge in [0.15, 0.2) is 0 Å². The van der Waals surface area contributed by atoms with Crippen molar-refractivity contribution in [3.63, 3.8) is 0 Å². The van der Waals surface area contributed by atoms with Crippen molar-refractivity contribution in [1.82, 2.24) is 4.90 Å². The zero-order chi connectivity index (χ0) is 22.7. The van der Waals surface area contributed by atoms with E-state index in [0.717, 1.165) is 39.0 Å². The van der Waals surface area contributed by atoms with Crippen molar-refractivity contribution in [1.29, 1.82) is 0 Å². The van der Waals surface area contributed by atoms with Crippen LogP contribution >= 0.6 is 0 Å². The zero-order valence-corrected chi connectivity index (χ0v) is 21.4. The van der Waals surface area contributed by atoms with Crippen LogP contribution in [0.5, 0.6) is 0 Å². The Morgan fingerprint density at radius 2 is 0.806 bits per heavy atom. The lowest BCUT2D eigenvalue weighted by molar-refractivity contribution is 0.263. The second-order valence-corrected chi connectivity index (χ2v) is 9.48. The maximum absolute atomic E-state index is 5.66. The molecule has 0 rings (SSSR count). The van der Waals surface area contributed by atoms with E-state index in [-0.39, 0.29) is 0 Å². The number of allylic oxidation sites excluding steroid dienone is 2. The minimum Gasteiger partial charge on any atom is -0.330 e. The molecule has 0 radical (unpaired) electrons. The van der Waals surface area contributed by atoms with Gasteiger partial charge in [-0.05, 0) is 77.7 Å². The minimum absolute atomic E-state index is 0.801. The summed E-state index contributed by atoms with van der Waals surface area (Å²) < 4.78 is 0. The van der Waals surface area contributed by atoms with Gasteiger partial charge < -0.3 is 16.4 Å². The highest BCUT2D eigenvalue weighted by Gasteiger charge is 2.03. The molecule has 3 nitrogen and oxygen atoms in total. The third-order valence-corrected chi connectivity index (χ3v) is 6.34. The molecule has 0 aliphatic rings. The van der Waals surface area contributed by atoms with Gasteiger partial charge in [0.2, 0.25) is 0 Å². The van der Waals surface area contributed by atoms with Crippen molar-refractivity contribution in [2.75, 3.05) is 32.7 Å². The average Bonchev–Trinajstić information content (AvgIpc) is 2.79. The lowest BCUT2D eigenvalue weighted by Gasteiger charge is -2.21. The number of rotatable bonds is 26. The monoisotopic (exact) mass is 437 g/mol. The van der Waals surface area contributed by atoms with Gasteiger partial charge in [0.05, 0.1) is 0 Å². The van der Waals surface area contributed by atoms with Crippen LogP contribution in [0.1, 0.15) is 135 Å². The summed E-state index contributed by atoms with van der Waals surface area (Å²) in [4.78, 5) is 2.56. The minimum atomic E-state index is 0.801. The summed E-state index contributed by atoms with van der Waals surface area (Å²) in [6.45, 7) is 7.41. The Morgan fingerprint density at radius 1 is 0.452 bits per heavy atom. The number of unbranched alkanes of at least 4 members (excludes halogenated alkanes) is 16. The molecule has 0 saturated carbocycles. The van der Waals surface area contributed by atoms with E-state index in [1.54, 1.807) is 0 Å². The fraction of sp³-hybridized carbons (Fsp3) is 0.929. The fourth-order valence-corrected chi connectivity index (χ4v) is 4.26. The molecular weight excluding hydrogens is 378 g/mol. The first-order valence-electron chi connectivity index (χ1n) is 14.1. The molecule has 0 heterocycles. The zero-order valence-electron chi connectivity index (χ0n) is 21.4. The number of hydrogen-bond donors (Lipinski definition) is 2. The van der Waals surface area contributed by atoms with E-state index in [0.29, 0.717) is 0 Å². The molecule has 186 valence electrons. The Bertz CT molecular complexity index is 335. The van der Waals surface area contributed by atoms with E-state index in [1.807, 2.05) is 0 Å². The van der Waals surface area contributed by atoms with Crippen molar-refractivity contribution in [2.24, 2.45) is 11.5 Å². The Balaban J connectivity index is 3.27. The molecule has 0 bridgehead atoms. The molecule has 0 spiro atoms. The van der Waals surface area contributed by atoms with Gasteiger partial charge in [0.1, 0.15) is 0 Å². The van der Waals surface area contributed by atoms with Crippen LogP contribution in [0.15, 0.2) is 12.2 Å². The third-order valence-electron chi connectivity index (χ3n) is 6.34. The summed E-state index contributed by atoms with van der Waals surface area (Å²) in [6, 6.07) is 0. The van der Waals surface area contributed by atoms with Crippen LogP contribution in [0.4, 0.5) is 0 Å². The molecular formula is C28H59N3. The van der Waals surface area contributed by atoms with Gasteiger partial charge in [-0.1, -0.05) is 103 Å². The molecule has 0 fully saturated rings. The van der Waals surface area contributed by atoms with Crippen molar-refractivity contribution in [3.8, 4) is 0 Å². The molecule has 4 N–H and O–H groups in total. The standard InChI is InChI=1S/C28H59N3/c1-2-3-4-5-6-7-8-9-10-11-12-13-14-15-16-17-18-19-20-21-26-31(27-22-24-29)28-23-25-30/h9-10H,2-8,11-30H2,1H3/b10-9-. The van der Waals surface area contributed by atoms with Gasteiger partial charge in [0.25, 0.3) is 0 Å². The Kier molecular flexibility index (Phi) is 27.3. The van der Waals surface area contributed by atoms with E-state index < -0.39 is 0 Å². The molecule has 0 aromatic heterocycles. The summed E-state index contributed by atoms with van der Waals surface area (Å²) in [5.74, 6) is 0. The summed E-state index contributed by atoms with van der Waals surface area (Å²) in [7, 11) is 0. The molecule has 0 amide bonds. The van der Waals surface area contributed by atoms with Crippen molar-refractivity contribution >= 4 is 0 Å². The van der Waals surface area contributed by atoms with E-state index in [4.69, 9.17) is 11.5 Å². The molecule has 3 heteroatoms. The highest BCUT2D eigenvalue weighted by atomic mass is 15.1. The lowest BCUT2D eigenvalue weighted by atomic mass is 10.1. The van der Waals surface area contributed by atoms with E-state index in [2.05, 4.69) is 24.0 Å². The number of hydrogen-bond acceptors (Lipinski definition) is 3. The molecule has 0 saturated heterocycles. The predicted molar refractivity (Wildman–Crippen MR) is 142 cm³/mol. The van der Waals surface area contributed by atoms with E-state index in [9.17, 15) is 0 Å². The Hall–Kier alpha value is -0.380. The highest BCUT2D eigenvalue weighted by molar-refractivity contribution is 4.81. The lowest BCUT2D eigenvalue weighted by Crippen LogP contribution is -2.29. The fourth-order valence-electron chi connectivity index (χ4n) is 4.26. The second kappa shape index (κ2) is 27.7. The van der Waals surface area contributed by atoms with Gasteiger partial charge in [-0.15, -0.1) is 0 Å². The van der Waals surface area contributed by atoms with Crippen molar-refractivity contribution in [2.45, 2.75) is 135 Å². The van der Waals surface area contributed by atoms with Crippen LogP contribution in [0.25, 0.3) is 0 Å². The van der Waals surface area contributed by atoms with Crippen molar-refractivity contribution < 1.29 is 0 Å². The first-order valence-corrected chi connectivity index (χ1v) is 14.1. The van der Waals surface area contributed by atoms with Crippen LogP contribution < -0.4 is 11.5 Å². The summed E-state index contributed by atoms with van der Waals surface area (Å²) in [6.07, 6.45) is 32.2. The summed E-state index contributed by atoms with van der Waals surface area (Å²) in [5, 5.41) is 0. The first kappa shape index (κ1) is 30.6. The topological polar surface area (TPSA) is 55.3 Å². The van der Waals surface area contributed by atoms with Gasteiger partial charge >= 0.3 is 0 Å². The second-order valence-electron chi connectivity index (χ2n) is 9.48. The van der Waals surface area contributed by atoms with Gasteiger partial charge in [-0.3, -0.25) is 0 Å². The molecule has 0 aromatic rings. The third kappa shape index (κ3) is 25.8. The Morgan fingerprint density at radius 3 is 1.23 bits per heavy atom. The Labute approximate surface area is 196 Å². The molecule has 31 heavy (non-hydrogen) atoms. The largest absolute Gasteiger partial charge is 0.330 e. The van der Waals surface area contributed by atoms with Gasteiger partial charge in [-0.25, -0.2) is 0 Å². The summed E-state index contributed by atoms with van der Waals surface area (Å²) >= 11 is 0. The first-order chi connectivity index (χ1) is 15.3. The predicted octanol–water partition coefficient (Wildman–Crippen LogP) is 7.58. The SMILES string of the molecule is CCCCCCCC/C=C\CCCCCCCCCCCCN(CCCN)CCCN. The maximum atomic E-state index is 5.66. The summed E-state index contributed by atoms with van der Waals surface area (Å²) in [5.41, 5.74) is 11.3. The van der Waals surface area contributed by atoms with Gasteiger partial charge in [-0.2, -0.15) is 0 Å². The van der Waals surface area contributed by atoms with Crippen molar-refractivity contribution in [3.05, 3.63) is 12.2 Å². The van der Waals surface area contributed by atoms with E-state index >= 15 is 0 Å². The normalized spacial score (nSPS) is 11.9. The smallest absolute Gasteiger partial charge is 0.000671 e. The molecule has 0 aliphatic carbocycles. The van der Waals surface area contributed by atoms with Crippen LogP contribution in [-0.4, -0.2) is 37.6 Å². The molecule has 0 atom stereocenters. The number of nitrogens with zero attached hydrogens (tertiary/aromatic N) is 1. The maximum Gasteiger partial charge on any atom is -0.000671 e. The average molecular weight is 438 g/mol. The van der Waals surface area contributed by atoms with E-state index in [1.165, 1.54) is 122 Å². The quantitative estimate of drug-likeness (QED) is 0.108. The van der Waals surface area contributed by atoms with Crippen LogP contribution in [0, 0.1) is 0 Å².